The van der Waals surface area contributed by atoms with Gasteiger partial charge in [0.15, 0.2) is 0 Å². The number of amidine groups is 1. The number of carbonyl (C=O) groups excluding carboxylic acids is 1. The van der Waals surface area contributed by atoms with Gasteiger partial charge in [0, 0.05) is 34.1 Å². The molecule has 0 N–H and O–H groups in total. The number of hydrogen-bond donors (Lipinski definition) is 0. The Morgan fingerprint density at radius 1 is 1.07 bits per heavy atom. The molecule has 4 rings (SSSR count). The lowest BCUT2D eigenvalue weighted by atomic mass is 10.00. The summed E-state index contributed by atoms with van der Waals surface area (Å²) < 4.78 is 5.77. The van der Waals surface area contributed by atoms with Crippen LogP contribution in [0.1, 0.15) is 24.0 Å². The number of benzene rings is 2. The summed E-state index contributed by atoms with van der Waals surface area (Å²) in [7, 11) is 0. The fourth-order valence-electron chi connectivity index (χ4n) is 3.20. The largest absolute Gasteiger partial charge is 0.465 e. The molecule has 0 fully saturated rings. The first-order valence-corrected chi connectivity index (χ1v) is 9.50. The van der Waals surface area contributed by atoms with E-state index in [9.17, 15) is 4.79 Å². The van der Waals surface area contributed by atoms with E-state index < -0.39 is 0 Å². The first-order chi connectivity index (χ1) is 13.1. The maximum Gasteiger partial charge on any atom is 0.299 e. The fourth-order valence-corrected chi connectivity index (χ4v) is 3.60. The third-order valence-corrected chi connectivity index (χ3v) is 5.01. The topological polar surface area (TPSA) is 54.3 Å². The number of ether oxygens (including phenoxy) is 1. The minimum absolute atomic E-state index is 0.172. The lowest BCUT2D eigenvalue weighted by Crippen LogP contribution is -2.35. The molecule has 0 spiro atoms. The Bertz CT molecular complexity index is 956. The van der Waals surface area contributed by atoms with Gasteiger partial charge in [-0.05, 0) is 30.7 Å². The number of anilines is 1. The SMILES string of the molecule is O=C1CCCOC(N2CCN=C(c3ccccc3Cl)c3cc(Cl)ccc32)=N1. The molecule has 0 radical (unpaired) electrons. The van der Waals surface area contributed by atoms with Crippen LogP contribution in [0, 0.1) is 0 Å². The highest BCUT2D eigenvalue weighted by Gasteiger charge is 2.26. The summed E-state index contributed by atoms with van der Waals surface area (Å²) in [5.74, 6) is -0.172. The lowest BCUT2D eigenvalue weighted by molar-refractivity contribution is -0.117. The van der Waals surface area contributed by atoms with Crippen molar-refractivity contribution in [3.63, 3.8) is 0 Å². The Morgan fingerprint density at radius 3 is 2.78 bits per heavy atom. The highest BCUT2D eigenvalue weighted by atomic mass is 35.5. The predicted molar refractivity (Wildman–Crippen MR) is 108 cm³/mol. The van der Waals surface area contributed by atoms with E-state index in [1.807, 2.05) is 47.4 Å². The van der Waals surface area contributed by atoms with Crippen LogP contribution in [-0.4, -0.2) is 37.3 Å². The second kappa shape index (κ2) is 7.71. The molecule has 2 heterocycles. The van der Waals surface area contributed by atoms with Crippen LogP contribution in [0.4, 0.5) is 5.69 Å². The van der Waals surface area contributed by atoms with Gasteiger partial charge < -0.3 is 4.74 Å². The van der Waals surface area contributed by atoms with Gasteiger partial charge in [-0.25, -0.2) is 0 Å². The van der Waals surface area contributed by atoms with Crippen LogP contribution in [0.15, 0.2) is 52.4 Å². The van der Waals surface area contributed by atoms with E-state index in [0.717, 1.165) is 22.5 Å². The van der Waals surface area contributed by atoms with Crippen molar-refractivity contribution in [2.24, 2.45) is 9.98 Å². The van der Waals surface area contributed by atoms with E-state index in [1.165, 1.54) is 0 Å². The van der Waals surface area contributed by atoms with Gasteiger partial charge in [-0.1, -0.05) is 41.4 Å². The summed E-state index contributed by atoms with van der Waals surface area (Å²) in [5.41, 5.74) is 3.27. The number of aliphatic imine (C=N–C) groups is 2. The number of carbonyl (C=O) groups is 1. The van der Waals surface area contributed by atoms with Crippen LogP contribution in [-0.2, 0) is 9.53 Å². The van der Waals surface area contributed by atoms with Gasteiger partial charge in [0.25, 0.3) is 6.02 Å². The van der Waals surface area contributed by atoms with Gasteiger partial charge in [-0.3, -0.25) is 14.7 Å². The van der Waals surface area contributed by atoms with Crippen LogP contribution in [0.5, 0.6) is 0 Å². The van der Waals surface area contributed by atoms with Crippen LogP contribution < -0.4 is 4.90 Å². The van der Waals surface area contributed by atoms with Gasteiger partial charge in [-0.2, -0.15) is 4.99 Å². The molecule has 2 aliphatic heterocycles. The predicted octanol–water partition coefficient (Wildman–Crippen LogP) is 4.34. The van der Waals surface area contributed by atoms with Crippen molar-refractivity contribution < 1.29 is 9.53 Å². The smallest absolute Gasteiger partial charge is 0.299 e. The molecule has 5 nitrogen and oxygen atoms in total. The number of fused-ring (bicyclic) bond motifs is 1. The summed E-state index contributed by atoms with van der Waals surface area (Å²) in [4.78, 5) is 22.8. The Labute approximate surface area is 167 Å². The van der Waals surface area contributed by atoms with Crippen molar-refractivity contribution in [1.29, 1.82) is 0 Å². The van der Waals surface area contributed by atoms with Gasteiger partial charge >= 0.3 is 0 Å². The second-order valence-electron chi connectivity index (χ2n) is 6.26. The zero-order chi connectivity index (χ0) is 18.8. The third-order valence-electron chi connectivity index (χ3n) is 4.44. The highest BCUT2D eigenvalue weighted by Crippen LogP contribution is 2.31. The molecular weight excluding hydrogens is 385 g/mol. The zero-order valence-electron chi connectivity index (χ0n) is 14.5. The maximum absolute atomic E-state index is 12.0. The molecule has 138 valence electrons. The van der Waals surface area contributed by atoms with E-state index in [4.69, 9.17) is 32.9 Å². The molecule has 0 saturated heterocycles. The van der Waals surface area contributed by atoms with Gasteiger partial charge in [0.05, 0.1) is 24.6 Å². The van der Waals surface area contributed by atoms with Crippen molar-refractivity contribution >= 4 is 46.5 Å². The van der Waals surface area contributed by atoms with Gasteiger partial charge in [0.2, 0.25) is 5.91 Å². The molecule has 0 atom stereocenters. The molecule has 27 heavy (non-hydrogen) atoms. The molecule has 0 unspecified atom stereocenters. The summed E-state index contributed by atoms with van der Waals surface area (Å²) in [6, 6.07) is 13.5. The Balaban J connectivity index is 1.84. The molecule has 0 bridgehead atoms. The minimum Gasteiger partial charge on any atom is -0.465 e. The van der Waals surface area contributed by atoms with Crippen LogP contribution in [0.25, 0.3) is 0 Å². The lowest BCUT2D eigenvalue weighted by Gasteiger charge is -2.25. The summed E-state index contributed by atoms with van der Waals surface area (Å²) in [5, 5.41) is 1.21. The Morgan fingerprint density at radius 2 is 1.93 bits per heavy atom. The van der Waals surface area contributed by atoms with Crippen LogP contribution >= 0.6 is 23.2 Å². The molecular formula is C20H17Cl2N3O2. The van der Waals surface area contributed by atoms with Crippen LogP contribution in [0.2, 0.25) is 10.0 Å². The molecule has 2 aromatic carbocycles. The number of nitrogens with zero attached hydrogens (tertiary/aromatic N) is 3. The zero-order valence-corrected chi connectivity index (χ0v) is 16.0. The third kappa shape index (κ3) is 3.70. The van der Waals surface area contributed by atoms with Gasteiger partial charge in [-0.15, -0.1) is 0 Å². The second-order valence-corrected chi connectivity index (χ2v) is 7.11. The first-order valence-electron chi connectivity index (χ1n) is 8.74. The van der Waals surface area contributed by atoms with Crippen molar-refractivity contribution in [3.05, 3.63) is 63.6 Å². The summed E-state index contributed by atoms with van der Waals surface area (Å²) >= 11 is 12.7. The molecule has 7 heteroatoms. The van der Waals surface area contributed by atoms with Crippen molar-refractivity contribution in [1.82, 2.24) is 0 Å². The molecule has 0 saturated carbocycles. The average Bonchev–Trinajstić information content (AvgIpc) is 2.98. The highest BCUT2D eigenvalue weighted by molar-refractivity contribution is 6.36. The first kappa shape index (κ1) is 18.0. The Kier molecular flexibility index (Phi) is 5.14. The van der Waals surface area contributed by atoms with Gasteiger partial charge in [0.1, 0.15) is 0 Å². The Hall–Kier alpha value is -2.37. The van der Waals surface area contributed by atoms with Crippen molar-refractivity contribution in [2.45, 2.75) is 12.8 Å². The molecule has 1 amide bonds. The van der Waals surface area contributed by atoms with E-state index in [0.29, 0.717) is 48.6 Å². The van der Waals surface area contributed by atoms with Crippen molar-refractivity contribution in [2.75, 3.05) is 24.6 Å². The van der Waals surface area contributed by atoms with E-state index >= 15 is 0 Å². The monoisotopic (exact) mass is 401 g/mol. The standard InChI is InChI=1S/C20H17Cl2N3O2/c21-13-7-8-17-15(12-13)19(14-4-1-2-5-16(14)22)23-9-10-25(17)20-24-18(26)6-3-11-27-20/h1-2,4-5,7-8,12H,3,6,9-11H2. The number of hydrogen-bond acceptors (Lipinski definition) is 4. The van der Waals surface area contributed by atoms with Crippen molar-refractivity contribution in [3.8, 4) is 0 Å². The average molecular weight is 402 g/mol. The quantitative estimate of drug-likeness (QED) is 0.713. The maximum atomic E-state index is 12.0. The summed E-state index contributed by atoms with van der Waals surface area (Å²) in [6.07, 6.45) is 1.06. The number of rotatable bonds is 1. The van der Waals surface area contributed by atoms with E-state index in [-0.39, 0.29) is 5.91 Å². The molecule has 0 aromatic heterocycles. The summed E-state index contributed by atoms with van der Waals surface area (Å²) in [6.45, 7) is 1.50. The number of amides is 1. The number of benzodiazepines with no additional fused rings is 1. The molecule has 0 aliphatic carbocycles. The van der Waals surface area contributed by atoms with E-state index in [1.54, 1.807) is 0 Å². The minimum atomic E-state index is -0.172. The van der Waals surface area contributed by atoms with E-state index in [2.05, 4.69) is 4.99 Å². The molecule has 2 aromatic rings. The molecule has 2 aliphatic rings. The fraction of sp³-hybridized carbons (Fsp3) is 0.250. The number of halogens is 2. The van der Waals surface area contributed by atoms with Crippen LogP contribution in [0.3, 0.4) is 0 Å². The normalized spacial score (nSPS) is 17.3.